The van der Waals surface area contributed by atoms with Crippen LogP contribution >= 0.6 is 0 Å². The van der Waals surface area contributed by atoms with E-state index in [4.69, 9.17) is 9.47 Å². The molecule has 0 amide bonds. The molecule has 0 heterocycles. The molecule has 0 aliphatic carbocycles. The highest BCUT2D eigenvalue weighted by Gasteiger charge is 2.23. The molecule has 0 aliphatic heterocycles. The summed E-state index contributed by atoms with van der Waals surface area (Å²) in [7, 11) is 1.53. The van der Waals surface area contributed by atoms with Gasteiger partial charge in [0.15, 0.2) is 17.6 Å². The third-order valence-corrected chi connectivity index (χ3v) is 3.36. The molecule has 0 aliphatic rings. The topological polar surface area (TPSA) is 79.2 Å². The first-order valence-corrected chi connectivity index (χ1v) is 6.94. The van der Waals surface area contributed by atoms with Gasteiger partial charge in [-0.2, -0.15) is 0 Å². The van der Waals surface area contributed by atoms with Crippen molar-refractivity contribution >= 4 is 0 Å². The van der Waals surface area contributed by atoms with E-state index in [-0.39, 0.29) is 12.4 Å². The summed E-state index contributed by atoms with van der Waals surface area (Å²) in [6.07, 6.45) is -1.88. The fraction of sp³-hybridized carbons (Fsp3) is 0.294. The zero-order valence-electron chi connectivity index (χ0n) is 12.6. The number of aliphatic hydroxyl groups is 2. The standard InChI is InChI=1S/C17H20O5/c1-11-3-8-14(15(9-11)21-2)22-16(10-18)17(20)12-4-6-13(19)7-5-12/h3-9,16-20H,10H2,1-2H3/t16-,17-/m0/s1. The average Bonchev–Trinajstić information content (AvgIpc) is 2.53. The van der Waals surface area contributed by atoms with Gasteiger partial charge in [-0.05, 0) is 42.3 Å². The number of aliphatic hydroxyl groups excluding tert-OH is 2. The summed E-state index contributed by atoms with van der Waals surface area (Å²) in [6, 6.07) is 11.5. The van der Waals surface area contributed by atoms with Gasteiger partial charge in [-0.1, -0.05) is 18.2 Å². The van der Waals surface area contributed by atoms with E-state index in [2.05, 4.69) is 0 Å². The SMILES string of the molecule is COc1cc(C)ccc1O[C@@H](CO)[C@@H](O)c1ccc(O)cc1. The second kappa shape index (κ2) is 7.15. The number of aromatic hydroxyl groups is 1. The van der Waals surface area contributed by atoms with Crippen molar-refractivity contribution in [3.63, 3.8) is 0 Å². The molecule has 3 N–H and O–H groups in total. The largest absolute Gasteiger partial charge is 0.508 e. The number of methoxy groups -OCH3 is 1. The van der Waals surface area contributed by atoms with Crippen molar-refractivity contribution in [2.24, 2.45) is 0 Å². The van der Waals surface area contributed by atoms with E-state index in [0.717, 1.165) is 5.56 Å². The summed E-state index contributed by atoms with van der Waals surface area (Å²) >= 11 is 0. The average molecular weight is 304 g/mol. The van der Waals surface area contributed by atoms with Crippen LogP contribution in [0.1, 0.15) is 17.2 Å². The van der Waals surface area contributed by atoms with Crippen LogP contribution in [0.5, 0.6) is 17.2 Å². The minimum atomic E-state index is -1.03. The molecule has 0 saturated carbocycles. The van der Waals surface area contributed by atoms with E-state index in [9.17, 15) is 15.3 Å². The Morgan fingerprint density at radius 3 is 2.32 bits per heavy atom. The van der Waals surface area contributed by atoms with Crippen molar-refractivity contribution in [2.45, 2.75) is 19.1 Å². The third-order valence-electron chi connectivity index (χ3n) is 3.36. The molecular weight excluding hydrogens is 284 g/mol. The number of hydrogen-bond donors (Lipinski definition) is 3. The van der Waals surface area contributed by atoms with Crippen molar-refractivity contribution < 1.29 is 24.8 Å². The van der Waals surface area contributed by atoms with Crippen LogP contribution in [0.2, 0.25) is 0 Å². The molecule has 0 aromatic heterocycles. The van der Waals surface area contributed by atoms with Crippen LogP contribution in [0, 0.1) is 6.92 Å². The highest BCUT2D eigenvalue weighted by molar-refractivity contribution is 5.42. The first-order valence-electron chi connectivity index (χ1n) is 6.94. The Morgan fingerprint density at radius 1 is 1.05 bits per heavy atom. The van der Waals surface area contributed by atoms with Crippen LogP contribution in [0.25, 0.3) is 0 Å². The van der Waals surface area contributed by atoms with Gasteiger partial charge in [0.1, 0.15) is 11.9 Å². The van der Waals surface area contributed by atoms with E-state index in [0.29, 0.717) is 17.1 Å². The fourth-order valence-electron chi connectivity index (χ4n) is 2.12. The zero-order valence-corrected chi connectivity index (χ0v) is 12.6. The smallest absolute Gasteiger partial charge is 0.161 e. The zero-order chi connectivity index (χ0) is 16.1. The monoisotopic (exact) mass is 304 g/mol. The minimum Gasteiger partial charge on any atom is -0.508 e. The quantitative estimate of drug-likeness (QED) is 0.762. The number of ether oxygens (including phenoxy) is 2. The maximum Gasteiger partial charge on any atom is 0.161 e. The van der Waals surface area contributed by atoms with Gasteiger partial charge in [0, 0.05) is 0 Å². The molecule has 0 unspecified atom stereocenters. The number of phenols is 1. The highest BCUT2D eigenvalue weighted by Crippen LogP contribution is 2.31. The van der Waals surface area contributed by atoms with Gasteiger partial charge in [-0.25, -0.2) is 0 Å². The Bertz CT molecular complexity index is 609. The number of rotatable bonds is 6. The minimum absolute atomic E-state index is 0.109. The Balaban J connectivity index is 2.20. The van der Waals surface area contributed by atoms with E-state index >= 15 is 0 Å². The first-order chi connectivity index (χ1) is 10.5. The molecule has 0 saturated heterocycles. The van der Waals surface area contributed by atoms with Crippen molar-refractivity contribution in [1.82, 2.24) is 0 Å². The van der Waals surface area contributed by atoms with Crippen molar-refractivity contribution in [3.05, 3.63) is 53.6 Å². The molecule has 22 heavy (non-hydrogen) atoms. The second-order valence-electron chi connectivity index (χ2n) is 5.03. The molecule has 5 heteroatoms. The normalized spacial score (nSPS) is 13.5. The number of hydrogen-bond acceptors (Lipinski definition) is 5. The van der Waals surface area contributed by atoms with E-state index < -0.39 is 12.2 Å². The lowest BCUT2D eigenvalue weighted by atomic mass is 10.0. The fourth-order valence-corrected chi connectivity index (χ4v) is 2.12. The molecule has 2 rings (SSSR count). The van der Waals surface area contributed by atoms with Crippen LogP contribution in [-0.2, 0) is 0 Å². The molecule has 2 atom stereocenters. The van der Waals surface area contributed by atoms with Gasteiger partial charge in [-0.15, -0.1) is 0 Å². The maximum atomic E-state index is 10.3. The van der Waals surface area contributed by atoms with Crippen LogP contribution in [0.4, 0.5) is 0 Å². The lowest BCUT2D eigenvalue weighted by molar-refractivity contribution is -0.000428. The summed E-state index contributed by atoms with van der Waals surface area (Å²) in [5.74, 6) is 1.10. The molecule has 118 valence electrons. The lowest BCUT2D eigenvalue weighted by Gasteiger charge is -2.24. The predicted octanol–water partition coefficient (Wildman–Crippen LogP) is 2.18. The van der Waals surface area contributed by atoms with Gasteiger partial charge in [0.25, 0.3) is 0 Å². The molecule has 0 bridgehead atoms. The van der Waals surface area contributed by atoms with Crippen molar-refractivity contribution in [3.8, 4) is 17.2 Å². The van der Waals surface area contributed by atoms with Gasteiger partial charge in [0.2, 0.25) is 0 Å². The number of aryl methyl sites for hydroxylation is 1. The Hall–Kier alpha value is -2.24. The predicted molar refractivity (Wildman–Crippen MR) is 82.3 cm³/mol. The van der Waals surface area contributed by atoms with Crippen molar-refractivity contribution in [2.75, 3.05) is 13.7 Å². The van der Waals surface area contributed by atoms with E-state index in [1.807, 2.05) is 19.1 Å². The molecular formula is C17H20O5. The Morgan fingerprint density at radius 2 is 1.73 bits per heavy atom. The summed E-state index contributed by atoms with van der Waals surface area (Å²) in [5, 5.41) is 29.1. The third kappa shape index (κ3) is 3.69. The van der Waals surface area contributed by atoms with Crippen LogP contribution in [0.15, 0.2) is 42.5 Å². The van der Waals surface area contributed by atoms with E-state index in [1.165, 1.54) is 19.2 Å². The lowest BCUT2D eigenvalue weighted by Crippen LogP contribution is -2.29. The molecule has 0 radical (unpaired) electrons. The summed E-state index contributed by atoms with van der Waals surface area (Å²) in [4.78, 5) is 0. The van der Waals surface area contributed by atoms with Crippen LogP contribution < -0.4 is 9.47 Å². The number of benzene rings is 2. The summed E-state index contributed by atoms with van der Waals surface area (Å²) < 4.78 is 11.0. The first kappa shape index (κ1) is 16.1. The van der Waals surface area contributed by atoms with Crippen LogP contribution in [0.3, 0.4) is 0 Å². The van der Waals surface area contributed by atoms with Crippen molar-refractivity contribution in [1.29, 1.82) is 0 Å². The van der Waals surface area contributed by atoms with Gasteiger partial charge >= 0.3 is 0 Å². The number of phenolic OH excluding ortho intramolecular Hbond substituents is 1. The maximum absolute atomic E-state index is 10.3. The van der Waals surface area contributed by atoms with Crippen LogP contribution in [-0.4, -0.2) is 35.1 Å². The highest BCUT2D eigenvalue weighted by atomic mass is 16.5. The summed E-state index contributed by atoms with van der Waals surface area (Å²) in [6.45, 7) is 1.57. The Labute approximate surface area is 129 Å². The van der Waals surface area contributed by atoms with Gasteiger partial charge in [0.05, 0.1) is 13.7 Å². The second-order valence-corrected chi connectivity index (χ2v) is 5.03. The molecule has 0 fully saturated rings. The summed E-state index contributed by atoms with van der Waals surface area (Å²) in [5.41, 5.74) is 1.56. The molecule has 5 nitrogen and oxygen atoms in total. The molecule has 2 aromatic carbocycles. The molecule has 0 spiro atoms. The van der Waals surface area contributed by atoms with Gasteiger partial charge < -0.3 is 24.8 Å². The Kier molecular flexibility index (Phi) is 5.25. The van der Waals surface area contributed by atoms with E-state index in [1.54, 1.807) is 18.2 Å². The van der Waals surface area contributed by atoms with Gasteiger partial charge in [-0.3, -0.25) is 0 Å². The molecule has 2 aromatic rings.